The van der Waals surface area contributed by atoms with E-state index in [1.54, 1.807) is 0 Å². The van der Waals surface area contributed by atoms with Crippen LogP contribution in [-0.2, 0) is 0 Å². The molecular weight excluding hydrogens is 308 g/mol. The zero-order chi connectivity index (χ0) is 10.7. The highest BCUT2D eigenvalue weighted by molar-refractivity contribution is 9.11. The van der Waals surface area contributed by atoms with Crippen LogP contribution >= 0.6 is 31.9 Å². The molecule has 0 aliphatic carbocycles. The van der Waals surface area contributed by atoms with Gasteiger partial charge in [-0.05, 0) is 40.0 Å². The van der Waals surface area contributed by atoms with Gasteiger partial charge in [0.15, 0.2) is 0 Å². The average Bonchev–Trinajstić information content (AvgIpc) is 2.11. The predicted octanol–water partition coefficient (Wildman–Crippen LogP) is 3.59. The van der Waals surface area contributed by atoms with Crippen LogP contribution in [-0.4, -0.2) is 0 Å². The van der Waals surface area contributed by atoms with Crippen molar-refractivity contribution in [2.24, 2.45) is 5.73 Å². The van der Waals surface area contributed by atoms with Gasteiger partial charge in [0, 0.05) is 15.0 Å². The summed E-state index contributed by atoms with van der Waals surface area (Å²) in [5.74, 6) is 0. The summed E-state index contributed by atoms with van der Waals surface area (Å²) < 4.78 is 1.90. The number of rotatable bonds is 3. The Labute approximate surface area is 101 Å². The molecule has 2 nitrogen and oxygen atoms in total. The zero-order valence-electron chi connectivity index (χ0n) is 8.06. The van der Waals surface area contributed by atoms with Crippen LogP contribution in [0, 0.1) is 0 Å². The highest BCUT2D eigenvalue weighted by Gasteiger charge is 2.11. The maximum Gasteiger partial charge on any atom is 0.0507 e. The second-order valence-corrected chi connectivity index (χ2v) is 5.06. The summed E-state index contributed by atoms with van der Waals surface area (Å²) in [6.45, 7) is 2.11. The smallest absolute Gasteiger partial charge is 0.0507 e. The molecule has 1 rings (SSSR count). The molecule has 0 bridgehead atoms. The molecule has 1 aromatic rings. The van der Waals surface area contributed by atoms with Crippen LogP contribution in [0.3, 0.4) is 0 Å². The van der Waals surface area contributed by atoms with Crippen LogP contribution in [0.1, 0.15) is 31.4 Å². The molecule has 4 heteroatoms. The van der Waals surface area contributed by atoms with Crippen LogP contribution in [0.5, 0.6) is 0 Å². The van der Waals surface area contributed by atoms with Gasteiger partial charge in [0.2, 0.25) is 0 Å². The minimum atomic E-state index is 0.0220. The molecule has 1 atom stereocenters. The summed E-state index contributed by atoms with van der Waals surface area (Å²) in [7, 11) is 0. The van der Waals surface area contributed by atoms with Crippen LogP contribution in [0.25, 0.3) is 0 Å². The third-order valence-electron chi connectivity index (χ3n) is 2.13. The maximum atomic E-state index is 6.02. The van der Waals surface area contributed by atoms with Gasteiger partial charge in [-0.2, -0.15) is 0 Å². The summed E-state index contributed by atoms with van der Waals surface area (Å²) in [6.07, 6.45) is 2.01. The van der Waals surface area contributed by atoms with Crippen molar-refractivity contribution in [3.05, 3.63) is 26.6 Å². The standard InChI is InChI=1S/C10H14Br2N2/c1-2-3-9(13)7-4-6(11)5-8(12)10(7)14/h4-5,9H,2-3,13-14H2,1H3/t9-/m1/s1. The molecule has 4 N–H and O–H groups in total. The number of benzene rings is 1. The Hall–Kier alpha value is -0.0600. The van der Waals surface area contributed by atoms with Gasteiger partial charge in [0.05, 0.1) is 5.69 Å². The van der Waals surface area contributed by atoms with Crippen LogP contribution in [0.2, 0.25) is 0 Å². The second-order valence-electron chi connectivity index (χ2n) is 3.29. The molecule has 0 radical (unpaired) electrons. The number of anilines is 1. The fourth-order valence-electron chi connectivity index (χ4n) is 1.38. The van der Waals surface area contributed by atoms with Gasteiger partial charge in [0.1, 0.15) is 0 Å². The first-order valence-electron chi connectivity index (χ1n) is 4.56. The molecule has 1 aromatic carbocycles. The number of nitrogens with two attached hydrogens (primary N) is 2. The summed E-state index contributed by atoms with van der Waals surface area (Å²) in [6, 6.07) is 3.94. The van der Waals surface area contributed by atoms with Gasteiger partial charge < -0.3 is 11.5 Å². The molecule has 0 unspecified atom stereocenters. The third-order valence-corrected chi connectivity index (χ3v) is 3.24. The van der Waals surface area contributed by atoms with E-state index < -0.39 is 0 Å². The highest BCUT2D eigenvalue weighted by Crippen LogP contribution is 2.32. The van der Waals surface area contributed by atoms with Gasteiger partial charge in [-0.1, -0.05) is 29.3 Å². The minimum absolute atomic E-state index is 0.0220. The first-order valence-corrected chi connectivity index (χ1v) is 6.14. The van der Waals surface area contributed by atoms with Crippen LogP contribution in [0.4, 0.5) is 5.69 Å². The van der Waals surface area contributed by atoms with E-state index in [0.29, 0.717) is 0 Å². The summed E-state index contributed by atoms with van der Waals surface area (Å²) in [5.41, 5.74) is 13.7. The molecule has 0 fully saturated rings. The fraction of sp³-hybridized carbons (Fsp3) is 0.400. The normalized spacial score (nSPS) is 12.9. The molecule has 0 saturated carbocycles. The molecule has 0 aromatic heterocycles. The van der Waals surface area contributed by atoms with Crippen molar-refractivity contribution in [1.82, 2.24) is 0 Å². The number of hydrogen-bond donors (Lipinski definition) is 2. The van der Waals surface area contributed by atoms with Gasteiger partial charge in [-0.3, -0.25) is 0 Å². The van der Waals surface area contributed by atoms with E-state index in [4.69, 9.17) is 11.5 Å². The lowest BCUT2D eigenvalue weighted by atomic mass is 10.0. The molecule has 0 aliphatic rings. The van der Waals surface area contributed by atoms with Crippen molar-refractivity contribution >= 4 is 37.5 Å². The molecule has 0 spiro atoms. The van der Waals surface area contributed by atoms with E-state index in [2.05, 4.69) is 38.8 Å². The van der Waals surface area contributed by atoms with Gasteiger partial charge in [-0.15, -0.1) is 0 Å². The number of hydrogen-bond acceptors (Lipinski definition) is 2. The van der Waals surface area contributed by atoms with Crippen molar-refractivity contribution < 1.29 is 0 Å². The Bertz CT molecular complexity index is 326. The van der Waals surface area contributed by atoms with Gasteiger partial charge in [0.25, 0.3) is 0 Å². The Morgan fingerprint density at radius 1 is 1.36 bits per heavy atom. The van der Waals surface area contributed by atoms with Crippen LogP contribution < -0.4 is 11.5 Å². The zero-order valence-corrected chi connectivity index (χ0v) is 11.2. The van der Waals surface area contributed by atoms with Crippen molar-refractivity contribution in [3.63, 3.8) is 0 Å². The summed E-state index contributed by atoms with van der Waals surface area (Å²) in [4.78, 5) is 0. The number of nitrogen functional groups attached to an aromatic ring is 1. The largest absolute Gasteiger partial charge is 0.398 e. The lowest BCUT2D eigenvalue weighted by Crippen LogP contribution is -2.12. The second kappa shape index (κ2) is 5.14. The van der Waals surface area contributed by atoms with E-state index in [9.17, 15) is 0 Å². The third kappa shape index (κ3) is 2.72. The molecule has 0 heterocycles. The quantitative estimate of drug-likeness (QED) is 0.836. The van der Waals surface area contributed by atoms with E-state index in [1.165, 1.54) is 0 Å². The molecule has 78 valence electrons. The first-order chi connectivity index (χ1) is 6.56. The topological polar surface area (TPSA) is 52.0 Å². The number of halogens is 2. The van der Waals surface area contributed by atoms with Crippen molar-refractivity contribution in [1.29, 1.82) is 0 Å². The predicted molar refractivity (Wildman–Crippen MR) is 68.1 cm³/mol. The monoisotopic (exact) mass is 320 g/mol. The fourth-order valence-corrected chi connectivity index (χ4v) is 2.64. The molecule has 0 aliphatic heterocycles. The van der Waals surface area contributed by atoms with E-state index >= 15 is 0 Å². The molecule has 14 heavy (non-hydrogen) atoms. The lowest BCUT2D eigenvalue weighted by molar-refractivity contribution is 0.639. The van der Waals surface area contributed by atoms with Crippen molar-refractivity contribution in [2.45, 2.75) is 25.8 Å². The Morgan fingerprint density at radius 3 is 2.57 bits per heavy atom. The van der Waals surface area contributed by atoms with E-state index in [1.807, 2.05) is 12.1 Å². The molecule has 0 amide bonds. The van der Waals surface area contributed by atoms with E-state index in [0.717, 1.165) is 33.0 Å². The Morgan fingerprint density at radius 2 is 2.00 bits per heavy atom. The van der Waals surface area contributed by atoms with Gasteiger partial charge in [-0.25, -0.2) is 0 Å². The van der Waals surface area contributed by atoms with E-state index in [-0.39, 0.29) is 6.04 Å². The maximum absolute atomic E-state index is 6.02. The van der Waals surface area contributed by atoms with Crippen molar-refractivity contribution in [3.8, 4) is 0 Å². The summed E-state index contributed by atoms with van der Waals surface area (Å²) >= 11 is 6.83. The SMILES string of the molecule is CCC[C@@H](N)c1cc(Br)cc(Br)c1N. The average molecular weight is 322 g/mol. The highest BCUT2D eigenvalue weighted by atomic mass is 79.9. The molecule has 0 saturated heterocycles. The lowest BCUT2D eigenvalue weighted by Gasteiger charge is -2.15. The van der Waals surface area contributed by atoms with Gasteiger partial charge >= 0.3 is 0 Å². The summed E-state index contributed by atoms with van der Waals surface area (Å²) in [5, 5.41) is 0. The van der Waals surface area contributed by atoms with Crippen LogP contribution in [0.15, 0.2) is 21.1 Å². The first kappa shape index (κ1) is 12.0. The van der Waals surface area contributed by atoms with Crippen molar-refractivity contribution in [2.75, 3.05) is 5.73 Å². The Kier molecular flexibility index (Phi) is 4.41. The minimum Gasteiger partial charge on any atom is -0.398 e. The Balaban J connectivity index is 3.07. The molecular formula is C10H14Br2N2.